The second kappa shape index (κ2) is 4.95. The van der Waals surface area contributed by atoms with Crippen LogP contribution in [0.15, 0.2) is 18.2 Å². The minimum atomic E-state index is 0.350. The zero-order valence-electron chi connectivity index (χ0n) is 9.42. The van der Waals surface area contributed by atoms with Gasteiger partial charge in [-0.25, -0.2) is 0 Å². The van der Waals surface area contributed by atoms with Crippen LogP contribution in [0.1, 0.15) is 25.3 Å². The van der Waals surface area contributed by atoms with Gasteiger partial charge in [0.05, 0.1) is 0 Å². The summed E-state index contributed by atoms with van der Waals surface area (Å²) >= 11 is 12.2. The predicted molar refractivity (Wildman–Crippen MR) is 70.0 cm³/mol. The Kier molecular flexibility index (Phi) is 3.78. The Morgan fingerprint density at radius 2 is 2.06 bits per heavy atom. The highest BCUT2D eigenvalue weighted by Crippen LogP contribution is 2.35. The van der Waals surface area contributed by atoms with Gasteiger partial charge < -0.3 is 5.73 Å². The largest absolute Gasteiger partial charge is 0.327 e. The van der Waals surface area contributed by atoms with Gasteiger partial charge in [0.2, 0.25) is 0 Å². The molecule has 88 valence electrons. The SMILES string of the molecule is CC1C(N)CCC1Cc1cc(Cl)ccc1Cl. The van der Waals surface area contributed by atoms with Crippen LogP contribution in [0, 0.1) is 11.8 Å². The van der Waals surface area contributed by atoms with Crippen molar-refractivity contribution in [3.63, 3.8) is 0 Å². The third kappa shape index (κ3) is 2.53. The summed E-state index contributed by atoms with van der Waals surface area (Å²) in [4.78, 5) is 0. The first kappa shape index (κ1) is 12.2. The second-order valence-electron chi connectivity index (χ2n) is 4.80. The van der Waals surface area contributed by atoms with Crippen LogP contribution in [0.4, 0.5) is 0 Å². The number of halogens is 2. The molecule has 3 heteroatoms. The minimum Gasteiger partial charge on any atom is -0.327 e. The van der Waals surface area contributed by atoms with Gasteiger partial charge in [-0.2, -0.15) is 0 Å². The van der Waals surface area contributed by atoms with Gasteiger partial charge in [0.25, 0.3) is 0 Å². The molecule has 1 aromatic rings. The van der Waals surface area contributed by atoms with Crippen molar-refractivity contribution in [2.45, 2.75) is 32.2 Å². The average Bonchev–Trinajstić information content (AvgIpc) is 2.55. The molecule has 0 bridgehead atoms. The first-order chi connectivity index (χ1) is 7.58. The summed E-state index contributed by atoms with van der Waals surface area (Å²) in [6.45, 7) is 2.24. The molecule has 1 nitrogen and oxygen atoms in total. The average molecular weight is 258 g/mol. The fourth-order valence-electron chi connectivity index (χ4n) is 2.55. The Balaban J connectivity index is 2.12. The molecule has 2 N–H and O–H groups in total. The van der Waals surface area contributed by atoms with E-state index in [-0.39, 0.29) is 0 Å². The maximum atomic E-state index is 6.17. The minimum absolute atomic E-state index is 0.350. The third-order valence-electron chi connectivity index (χ3n) is 3.78. The van der Waals surface area contributed by atoms with Crippen molar-refractivity contribution in [2.24, 2.45) is 17.6 Å². The van der Waals surface area contributed by atoms with Crippen molar-refractivity contribution in [1.29, 1.82) is 0 Å². The van der Waals surface area contributed by atoms with Crippen LogP contribution < -0.4 is 5.73 Å². The van der Waals surface area contributed by atoms with Gasteiger partial charge in [-0.15, -0.1) is 0 Å². The fraction of sp³-hybridized carbons (Fsp3) is 0.538. The molecule has 0 saturated heterocycles. The van der Waals surface area contributed by atoms with Gasteiger partial charge >= 0.3 is 0 Å². The summed E-state index contributed by atoms with van der Waals surface area (Å²) in [6, 6.07) is 6.03. The lowest BCUT2D eigenvalue weighted by atomic mass is 9.90. The third-order valence-corrected chi connectivity index (χ3v) is 4.38. The Labute approximate surface area is 107 Å². The van der Waals surface area contributed by atoms with E-state index in [4.69, 9.17) is 28.9 Å². The van der Waals surface area contributed by atoms with Gasteiger partial charge in [-0.3, -0.25) is 0 Å². The molecule has 0 amide bonds. The van der Waals surface area contributed by atoms with Crippen molar-refractivity contribution in [3.8, 4) is 0 Å². The highest BCUT2D eigenvalue weighted by molar-refractivity contribution is 6.33. The zero-order valence-corrected chi connectivity index (χ0v) is 10.9. The van der Waals surface area contributed by atoms with E-state index in [1.807, 2.05) is 18.2 Å². The highest BCUT2D eigenvalue weighted by Gasteiger charge is 2.30. The van der Waals surface area contributed by atoms with Crippen LogP contribution in [0.25, 0.3) is 0 Å². The van der Waals surface area contributed by atoms with E-state index in [1.54, 1.807) is 0 Å². The first-order valence-electron chi connectivity index (χ1n) is 5.77. The number of hydrogen-bond acceptors (Lipinski definition) is 1. The van der Waals surface area contributed by atoms with E-state index in [9.17, 15) is 0 Å². The van der Waals surface area contributed by atoms with E-state index >= 15 is 0 Å². The molecule has 2 rings (SSSR count). The summed E-state index contributed by atoms with van der Waals surface area (Å²) in [6.07, 6.45) is 3.32. The lowest BCUT2D eigenvalue weighted by Crippen LogP contribution is -2.25. The van der Waals surface area contributed by atoms with Gasteiger partial charge in [-0.1, -0.05) is 30.1 Å². The summed E-state index contributed by atoms with van der Waals surface area (Å²) < 4.78 is 0. The number of rotatable bonds is 2. The van der Waals surface area contributed by atoms with Crippen molar-refractivity contribution in [1.82, 2.24) is 0 Å². The van der Waals surface area contributed by atoms with Gasteiger partial charge in [0.15, 0.2) is 0 Å². The first-order valence-corrected chi connectivity index (χ1v) is 6.53. The molecule has 0 spiro atoms. The standard InChI is InChI=1S/C13H17Cl2N/c1-8-9(2-5-13(8)16)6-10-7-11(14)3-4-12(10)15/h3-4,7-9,13H,2,5-6,16H2,1H3. The van der Waals surface area contributed by atoms with Crippen LogP contribution in [0.2, 0.25) is 10.0 Å². The van der Waals surface area contributed by atoms with Crippen LogP contribution >= 0.6 is 23.2 Å². The molecule has 1 saturated carbocycles. The number of nitrogens with two attached hydrogens (primary N) is 1. The van der Waals surface area contributed by atoms with E-state index in [0.717, 1.165) is 28.5 Å². The predicted octanol–water partition coefficient (Wildman–Crippen LogP) is 3.91. The van der Waals surface area contributed by atoms with E-state index in [2.05, 4.69) is 6.92 Å². The van der Waals surface area contributed by atoms with Crippen molar-refractivity contribution < 1.29 is 0 Å². The Bertz CT molecular complexity index is 378. The van der Waals surface area contributed by atoms with Crippen LogP contribution in [-0.2, 0) is 6.42 Å². The smallest absolute Gasteiger partial charge is 0.0439 e. The monoisotopic (exact) mass is 257 g/mol. The summed E-state index contributed by atoms with van der Waals surface area (Å²) in [7, 11) is 0. The van der Waals surface area contributed by atoms with Crippen molar-refractivity contribution in [2.75, 3.05) is 0 Å². The van der Waals surface area contributed by atoms with Gasteiger partial charge in [0, 0.05) is 16.1 Å². The van der Waals surface area contributed by atoms with Gasteiger partial charge in [-0.05, 0) is 54.9 Å². The molecule has 1 aromatic carbocycles. The molecule has 0 aliphatic heterocycles. The lowest BCUT2D eigenvalue weighted by molar-refractivity contribution is 0.390. The summed E-state index contributed by atoms with van der Waals surface area (Å²) in [5.74, 6) is 1.22. The quantitative estimate of drug-likeness (QED) is 0.855. The fourth-order valence-corrected chi connectivity index (χ4v) is 2.94. The maximum Gasteiger partial charge on any atom is 0.0439 e. The van der Waals surface area contributed by atoms with Gasteiger partial charge in [0.1, 0.15) is 0 Å². The molecule has 1 aliphatic rings. The van der Waals surface area contributed by atoms with Crippen LogP contribution in [0.3, 0.4) is 0 Å². The molecule has 1 fully saturated rings. The van der Waals surface area contributed by atoms with E-state index in [0.29, 0.717) is 17.9 Å². The molecular formula is C13H17Cl2N. The normalized spacial score (nSPS) is 29.6. The molecule has 3 unspecified atom stereocenters. The van der Waals surface area contributed by atoms with Crippen LogP contribution in [0.5, 0.6) is 0 Å². The number of hydrogen-bond donors (Lipinski definition) is 1. The molecule has 0 radical (unpaired) electrons. The highest BCUT2D eigenvalue weighted by atomic mass is 35.5. The van der Waals surface area contributed by atoms with E-state index < -0.39 is 0 Å². The topological polar surface area (TPSA) is 26.0 Å². The molecule has 0 heterocycles. The zero-order chi connectivity index (χ0) is 11.7. The Morgan fingerprint density at radius 1 is 1.31 bits per heavy atom. The summed E-state index contributed by atoms with van der Waals surface area (Å²) in [5.41, 5.74) is 7.18. The van der Waals surface area contributed by atoms with Crippen LogP contribution in [-0.4, -0.2) is 6.04 Å². The maximum absolute atomic E-state index is 6.17. The summed E-state index contributed by atoms with van der Waals surface area (Å²) in [5, 5.41) is 1.58. The van der Waals surface area contributed by atoms with Crippen molar-refractivity contribution in [3.05, 3.63) is 33.8 Å². The molecular weight excluding hydrogens is 241 g/mol. The van der Waals surface area contributed by atoms with Crippen molar-refractivity contribution >= 4 is 23.2 Å². The Hall–Kier alpha value is -0.240. The number of benzene rings is 1. The van der Waals surface area contributed by atoms with E-state index in [1.165, 1.54) is 6.42 Å². The Morgan fingerprint density at radius 3 is 2.69 bits per heavy atom. The molecule has 3 atom stereocenters. The molecule has 1 aliphatic carbocycles. The second-order valence-corrected chi connectivity index (χ2v) is 5.64. The lowest BCUT2D eigenvalue weighted by Gasteiger charge is -2.18. The molecule has 0 aromatic heterocycles. The molecule has 16 heavy (non-hydrogen) atoms.